The maximum Gasteiger partial charge on any atom is 0.310 e. The molecule has 7 heteroatoms. The molecule has 0 fully saturated rings. The molecule has 0 radical (unpaired) electrons. The van der Waals surface area contributed by atoms with Crippen LogP contribution in [-0.4, -0.2) is 23.2 Å². The van der Waals surface area contributed by atoms with Gasteiger partial charge >= 0.3 is 5.97 Å². The van der Waals surface area contributed by atoms with Crippen LogP contribution in [0.4, 0.5) is 8.78 Å². The van der Waals surface area contributed by atoms with Gasteiger partial charge < -0.3 is 9.84 Å². The molecule has 1 N–H and O–H groups in total. The number of carbonyl (C=O) groups excluding carboxylic acids is 1. The van der Waals surface area contributed by atoms with Gasteiger partial charge in [-0.15, -0.1) is 0 Å². The Morgan fingerprint density at radius 1 is 1.69 bits per heavy atom. The molecule has 0 aromatic carbocycles. The Morgan fingerprint density at radius 3 is 2.81 bits per heavy atom. The van der Waals surface area contributed by atoms with Crippen molar-refractivity contribution in [1.82, 2.24) is 4.98 Å². The second-order valence-corrected chi connectivity index (χ2v) is 3.67. The van der Waals surface area contributed by atoms with Crippen LogP contribution in [0.2, 0.25) is 0 Å². The lowest BCUT2D eigenvalue weighted by Crippen LogP contribution is -2.09. The Balaban J connectivity index is 3.20. The predicted octanol–water partition coefficient (Wildman–Crippen LogP) is 2.20. The molecule has 16 heavy (non-hydrogen) atoms. The highest BCUT2D eigenvalue weighted by Gasteiger charge is 2.21. The van der Waals surface area contributed by atoms with Crippen molar-refractivity contribution in [2.24, 2.45) is 0 Å². The Labute approximate surface area is 98.4 Å². The van der Waals surface area contributed by atoms with Crippen LogP contribution in [0.3, 0.4) is 0 Å². The Bertz CT molecular complexity index is 412. The summed E-state index contributed by atoms with van der Waals surface area (Å²) in [7, 11) is 1.15. The number of alkyl halides is 2. The molecule has 0 spiro atoms. The fourth-order valence-corrected chi connectivity index (χ4v) is 1.55. The number of ether oxygens (including phenoxy) is 1. The van der Waals surface area contributed by atoms with Crippen molar-refractivity contribution in [3.63, 3.8) is 0 Å². The molecule has 1 aromatic rings. The molecule has 0 aliphatic rings. The number of carbonyl (C=O) groups is 1. The third kappa shape index (κ3) is 2.66. The van der Waals surface area contributed by atoms with Crippen molar-refractivity contribution < 1.29 is 23.4 Å². The van der Waals surface area contributed by atoms with Crippen molar-refractivity contribution in [3.05, 3.63) is 21.9 Å². The molecule has 0 amide bonds. The first-order valence-electron chi connectivity index (χ1n) is 4.18. The molecule has 0 saturated carbocycles. The number of rotatable bonds is 3. The molecule has 1 aromatic heterocycles. The van der Waals surface area contributed by atoms with Crippen molar-refractivity contribution in [1.29, 1.82) is 0 Å². The van der Waals surface area contributed by atoms with Gasteiger partial charge in [0.15, 0.2) is 0 Å². The van der Waals surface area contributed by atoms with E-state index in [0.29, 0.717) is 0 Å². The van der Waals surface area contributed by atoms with Crippen LogP contribution in [-0.2, 0) is 16.0 Å². The fourth-order valence-electron chi connectivity index (χ4n) is 1.11. The number of aromatic hydroxyl groups is 1. The SMILES string of the molecule is COC(=O)Cc1c(C(F)F)ncc(O)c1Br. The summed E-state index contributed by atoms with van der Waals surface area (Å²) < 4.78 is 29.6. The maximum absolute atomic E-state index is 12.6. The number of esters is 1. The minimum absolute atomic E-state index is 0.0307. The summed E-state index contributed by atoms with van der Waals surface area (Å²) in [5.41, 5.74) is -0.614. The van der Waals surface area contributed by atoms with Crippen LogP contribution in [0.25, 0.3) is 0 Å². The third-order valence-electron chi connectivity index (χ3n) is 1.88. The summed E-state index contributed by atoms with van der Waals surface area (Å²) in [6.07, 6.45) is -2.30. The number of nitrogens with zero attached hydrogens (tertiary/aromatic N) is 1. The molecular weight excluding hydrogens is 288 g/mol. The second kappa shape index (κ2) is 5.20. The van der Waals surface area contributed by atoms with Crippen LogP contribution in [0, 0.1) is 0 Å². The van der Waals surface area contributed by atoms with E-state index in [2.05, 4.69) is 25.7 Å². The van der Waals surface area contributed by atoms with Crippen molar-refractivity contribution in [2.75, 3.05) is 7.11 Å². The van der Waals surface area contributed by atoms with Crippen molar-refractivity contribution in [2.45, 2.75) is 12.8 Å². The second-order valence-electron chi connectivity index (χ2n) is 2.87. The summed E-state index contributed by atoms with van der Waals surface area (Å²) in [6.45, 7) is 0. The molecule has 0 bridgehead atoms. The van der Waals surface area contributed by atoms with E-state index in [1.54, 1.807) is 0 Å². The van der Waals surface area contributed by atoms with Crippen molar-refractivity contribution in [3.8, 4) is 5.75 Å². The topological polar surface area (TPSA) is 59.4 Å². The standard InChI is InChI=1S/C9H8BrF2NO3/c1-16-6(15)2-4-7(10)5(14)3-13-8(4)9(11)12/h3,9,14H,2H2,1H3. The van der Waals surface area contributed by atoms with E-state index in [9.17, 15) is 18.7 Å². The minimum Gasteiger partial charge on any atom is -0.505 e. The molecule has 1 rings (SSSR count). The van der Waals surface area contributed by atoms with E-state index in [1.807, 2.05) is 0 Å². The van der Waals surface area contributed by atoms with E-state index in [1.165, 1.54) is 0 Å². The van der Waals surface area contributed by atoms with Crippen LogP contribution >= 0.6 is 15.9 Å². The Kier molecular flexibility index (Phi) is 4.17. The highest BCUT2D eigenvalue weighted by atomic mass is 79.9. The van der Waals surface area contributed by atoms with Gasteiger partial charge in [0.1, 0.15) is 11.4 Å². The fraction of sp³-hybridized carbons (Fsp3) is 0.333. The van der Waals surface area contributed by atoms with Gasteiger partial charge in [-0.3, -0.25) is 9.78 Å². The van der Waals surface area contributed by atoms with Gasteiger partial charge in [-0.2, -0.15) is 0 Å². The monoisotopic (exact) mass is 295 g/mol. The highest BCUT2D eigenvalue weighted by Crippen LogP contribution is 2.33. The Morgan fingerprint density at radius 2 is 2.31 bits per heavy atom. The zero-order chi connectivity index (χ0) is 12.3. The minimum atomic E-state index is -2.82. The quantitative estimate of drug-likeness (QED) is 0.869. The average molecular weight is 296 g/mol. The summed E-state index contributed by atoms with van der Waals surface area (Å²) in [4.78, 5) is 14.4. The zero-order valence-corrected chi connectivity index (χ0v) is 9.79. The Hall–Kier alpha value is -1.24. The molecule has 4 nitrogen and oxygen atoms in total. The molecule has 1 heterocycles. The van der Waals surface area contributed by atoms with E-state index in [0.717, 1.165) is 13.3 Å². The molecular formula is C9H8BrF2NO3. The first-order valence-corrected chi connectivity index (χ1v) is 4.97. The van der Waals surface area contributed by atoms with Gasteiger partial charge in [0.05, 0.1) is 24.2 Å². The van der Waals surface area contributed by atoms with Crippen LogP contribution in [0.5, 0.6) is 5.75 Å². The van der Waals surface area contributed by atoms with Crippen LogP contribution < -0.4 is 0 Å². The molecule has 0 unspecified atom stereocenters. The lowest BCUT2D eigenvalue weighted by molar-refractivity contribution is -0.139. The molecule has 88 valence electrons. The average Bonchev–Trinajstić information content (AvgIpc) is 2.24. The van der Waals surface area contributed by atoms with Gasteiger partial charge in [0, 0.05) is 5.56 Å². The molecule has 0 saturated heterocycles. The van der Waals surface area contributed by atoms with Crippen molar-refractivity contribution >= 4 is 21.9 Å². The molecule has 0 aliphatic carbocycles. The van der Waals surface area contributed by atoms with Gasteiger partial charge in [0.25, 0.3) is 6.43 Å². The first kappa shape index (κ1) is 12.8. The van der Waals surface area contributed by atoms with E-state index >= 15 is 0 Å². The van der Waals surface area contributed by atoms with E-state index in [-0.39, 0.29) is 22.2 Å². The smallest absolute Gasteiger partial charge is 0.310 e. The predicted molar refractivity (Wildman–Crippen MR) is 54.3 cm³/mol. The van der Waals surface area contributed by atoms with E-state index in [4.69, 9.17) is 0 Å². The molecule has 0 atom stereocenters. The lowest BCUT2D eigenvalue weighted by Gasteiger charge is -2.10. The third-order valence-corrected chi connectivity index (χ3v) is 2.77. The summed E-state index contributed by atoms with van der Waals surface area (Å²) >= 11 is 2.93. The normalized spacial score (nSPS) is 10.6. The zero-order valence-electron chi connectivity index (χ0n) is 8.21. The summed E-state index contributed by atoms with van der Waals surface area (Å²) in [5.74, 6) is -0.988. The number of halogens is 3. The van der Waals surface area contributed by atoms with Gasteiger partial charge in [-0.1, -0.05) is 0 Å². The van der Waals surface area contributed by atoms with E-state index < -0.39 is 18.1 Å². The number of aromatic nitrogens is 1. The molecule has 0 aliphatic heterocycles. The number of methoxy groups -OCH3 is 1. The lowest BCUT2D eigenvalue weighted by atomic mass is 10.1. The van der Waals surface area contributed by atoms with Crippen LogP contribution in [0.1, 0.15) is 17.7 Å². The van der Waals surface area contributed by atoms with Crippen LogP contribution in [0.15, 0.2) is 10.7 Å². The maximum atomic E-state index is 12.6. The number of hydrogen-bond donors (Lipinski definition) is 1. The van der Waals surface area contributed by atoms with Gasteiger partial charge in [-0.25, -0.2) is 8.78 Å². The highest BCUT2D eigenvalue weighted by molar-refractivity contribution is 9.10. The summed E-state index contributed by atoms with van der Waals surface area (Å²) in [5, 5.41) is 9.29. The largest absolute Gasteiger partial charge is 0.505 e. The number of pyridine rings is 1. The van der Waals surface area contributed by atoms with Gasteiger partial charge in [0.2, 0.25) is 0 Å². The van der Waals surface area contributed by atoms with Gasteiger partial charge in [-0.05, 0) is 15.9 Å². The first-order chi connectivity index (χ1) is 7.47. The number of hydrogen-bond acceptors (Lipinski definition) is 4. The summed E-state index contributed by atoms with van der Waals surface area (Å²) in [6, 6.07) is 0.